The number of benzene rings is 1. The Morgan fingerprint density at radius 2 is 1.91 bits per heavy atom. The fourth-order valence-electron chi connectivity index (χ4n) is 3.32. The molecule has 1 N–H and O–H groups in total. The Kier molecular flexibility index (Phi) is 5.67. The number of carbonyl (C=O) groups excluding carboxylic acids is 1. The Morgan fingerprint density at radius 1 is 1.16 bits per heavy atom. The van der Waals surface area contributed by atoms with E-state index < -0.39 is 5.91 Å². The highest BCUT2D eigenvalue weighted by Gasteiger charge is 2.23. The quantitative estimate of drug-likeness (QED) is 0.465. The molecule has 1 aromatic carbocycles. The number of furan rings is 1. The first-order valence-electron chi connectivity index (χ1n) is 10.1. The molecule has 0 spiro atoms. The van der Waals surface area contributed by atoms with E-state index >= 15 is 0 Å². The molecule has 4 rings (SSSR count). The largest absolute Gasteiger partial charge is 0.490 e. The molecule has 10 heteroatoms. The minimum absolute atomic E-state index is 0.103. The van der Waals surface area contributed by atoms with E-state index in [1.54, 1.807) is 32.2 Å². The second-order valence-corrected chi connectivity index (χ2v) is 6.93. The van der Waals surface area contributed by atoms with Gasteiger partial charge in [0.25, 0.3) is 11.5 Å². The minimum atomic E-state index is -0.559. The third kappa shape index (κ3) is 3.82. The second-order valence-electron chi connectivity index (χ2n) is 6.93. The SMILES string of the molecule is CCOc1ccc(-c2cc(NC(=O)c3c(C)oc4ncn(C)c(=O)c34)on2)cc1OCC. The number of fused-ring (bicyclic) bond motifs is 1. The summed E-state index contributed by atoms with van der Waals surface area (Å²) in [5.41, 5.74) is 1.05. The van der Waals surface area contributed by atoms with Crippen molar-refractivity contribution in [3.8, 4) is 22.8 Å². The molecule has 0 aliphatic rings. The smallest absolute Gasteiger partial charge is 0.265 e. The van der Waals surface area contributed by atoms with Crippen molar-refractivity contribution < 1.29 is 23.2 Å². The Hall–Kier alpha value is -4.08. The van der Waals surface area contributed by atoms with E-state index in [0.29, 0.717) is 30.4 Å². The molecule has 3 aromatic heterocycles. The van der Waals surface area contributed by atoms with Crippen LogP contribution in [0.2, 0.25) is 0 Å². The van der Waals surface area contributed by atoms with Gasteiger partial charge in [-0.25, -0.2) is 4.98 Å². The van der Waals surface area contributed by atoms with Crippen molar-refractivity contribution in [3.63, 3.8) is 0 Å². The van der Waals surface area contributed by atoms with E-state index in [9.17, 15) is 9.59 Å². The topological polar surface area (TPSA) is 122 Å². The fourth-order valence-corrected chi connectivity index (χ4v) is 3.32. The molecule has 10 nitrogen and oxygen atoms in total. The number of anilines is 1. The van der Waals surface area contributed by atoms with Gasteiger partial charge in [0.1, 0.15) is 23.2 Å². The van der Waals surface area contributed by atoms with E-state index in [4.69, 9.17) is 18.4 Å². The Bertz CT molecular complexity index is 1350. The third-order valence-corrected chi connectivity index (χ3v) is 4.76. The molecule has 0 aliphatic carbocycles. The molecule has 0 saturated carbocycles. The maximum atomic E-state index is 12.9. The van der Waals surface area contributed by atoms with Gasteiger partial charge in [0, 0.05) is 18.7 Å². The van der Waals surface area contributed by atoms with Gasteiger partial charge in [0.15, 0.2) is 11.5 Å². The van der Waals surface area contributed by atoms with Gasteiger partial charge < -0.3 is 23.0 Å². The second kappa shape index (κ2) is 8.58. The van der Waals surface area contributed by atoms with E-state index in [1.165, 1.54) is 10.9 Å². The lowest BCUT2D eigenvalue weighted by Gasteiger charge is -2.11. The normalized spacial score (nSPS) is 11.0. The van der Waals surface area contributed by atoms with Gasteiger partial charge in [-0.2, -0.15) is 0 Å². The standard InChI is InChI=1S/C22H22N4O6/c1-5-29-15-8-7-13(9-16(15)30-6-2)14-10-17(32-25-14)24-20(27)18-12(3)31-21-19(18)22(28)26(4)11-23-21/h7-11H,5-6H2,1-4H3,(H,24,27). The van der Waals surface area contributed by atoms with Crippen LogP contribution in [-0.4, -0.2) is 33.8 Å². The Morgan fingerprint density at radius 3 is 2.66 bits per heavy atom. The number of ether oxygens (including phenoxy) is 2. The highest BCUT2D eigenvalue weighted by atomic mass is 16.5. The van der Waals surface area contributed by atoms with Crippen molar-refractivity contribution in [2.24, 2.45) is 7.05 Å². The predicted octanol–water partition coefficient (Wildman–Crippen LogP) is 3.54. The molecule has 0 radical (unpaired) electrons. The first-order chi connectivity index (χ1) is 15.4. The monoisotopic (exact) mass is 438 g/mol. The zero-order valence-electron chi connectivity index (χ0n) is 18.1. The first kappa shape index (κ1) is 21.2. The molecular weight excluding hydrogens is 416 g/mol. The Balaban J connectivity index is 1.62. The van der Waals surface area contributed by atoms with Crippen LogP contribution in [0.15, 0.2) is 44.3 Å². The van der Waals surface area contributed by atoms with Crippen LogP contribution in [0.1, 0.15) is 30.0 Å². The molecular formula is C22H22N4O6. The highest BCUT2D eigenvalue weighted by molar-refractivity contribution is 6.12. The van der Waals surface area contributed by atoms with Crippen LogP contribution in [0.4, 0.5) is 5.88 Å². The molecule has 1 amide bonds. The summed E-state index contributed by atoms with van der Waals surface area (Å²) < 4.78 is 23.3. The van der Waals surface area contributed by atoms with Crippen molar-refractivity contribution in [1.82, 2.24) is 14.7 Å². The number of aryl methyl sites for hydroxylation is 2. The number of aromatic nitrogens is 3. The molecule has 166 valence electrons. The zero-order valence-corrected chi connectivity index (χ0v) is 18.1. The third-order valence-electron chi connectivity index (χ3n) is 4.76. The van der Waals surface area contributed by atoms with Gasteiger partial charge in [0.05, 0.1) is 18.8 Å². The fraction of sp³-hybridized carbons (Fsp3) is 0.273. The first-order valence-corrected chi connectivity index (χ1v) is 10.1. The lowest BCUT2D eigenvalue weighted by molar-refractivity contribution is 0.102. The summed E-state index contributed by atoms with van der Waals surface area (Å²) in [5.74, 6) is 1.06. The van der Waals surface area contributed by atoms with Crippen molar-refractivity contribution in [2.45, 2.75) is 20.8 Å². The van der Waals surface area contributed by atoms with E-state index in [2.05, 4.69) is 15.5 Å². The highest BCUT2D eigenvalue weighted by Crippen LogP contribution is 2.33. The van der Waals surface area contributed by atoms with Gasteiger partial charge in [-0.05, 0) is 39.0 Å². The molecule has 0 bridgehead atoms. The molecule has 0 atom stereocenters. The van der Waals surface area contributed by atoms with Crippen LogP contribution in [0.25, 0.3) is 22.4 Å². The van der Waals surface area contributed by atoms with Crippen molar-refractivity contribution in [1.29, 1.82) is 0 Å². The van der Waals surface area contributed by atoms with Crippen LogP contribution in [0, 0.1) is 6.92 Å². The number of amides is 1. The maximum Gasteiger partial charge on any atom is 0.265 e. The van der Waals surface area contributed by atoms with Crippen molar-refractivity contribution in [3.05, 3.63) is 52.3 Å². The number of nitrogens with zero attached hydrogens (tertiary/aromatic N) is 3. The number of hydrogen-bond acceptors (Lipinski definition) is 8. The van der Waals surface area contributed by atoms with E-state index in [0.717, 1.165) is 5.56 Å². The molecule has 0 unspecified atom stereocenters. The number of hydrogen-bond donors (Lipinski definition) is 1. The molecule has 3 heterocycles. The summed E-state index contributed by atoms with van der Waals surface area (Å²) in [4.78, 5) is 29.5. The lowest BCUT2D eigenvalue weighted by atomic mass is 10.1. The average Bonchev–Trinajstić information content (AvgIpc) is 3.36. The molecule has 0 aliphatic heterocycles. The predicted molar refractivity (Wildman–Crippen MR) is 116 cm³/mol. The van der Waals surface area contributed by atoms with Gasteiger partial charge >= 0.3 is 0 Å². The minimum Gasteiger partial charge on any atom is -0.490 e. The number of nitrogens with one attached hydrogen (secondary N) is 1. The van der Waals surface area contributed by atoms with Crippen molar-refractivity contribution >= 4 is 22.9 Å². The number of carbonyl (C=O) groups is 1. The van der Waals surface area contributed by atoms with Crippen LogP contribution in [0.3, 0.4) is 0 Å². The van der Waals surface area contributed by atoms with E-state index in [1.807, 2.05) is 19.9 Å². The maximum absolute atomic E-state index is 12.9. The molecule has 0 fully saturated rings. The molecule has 4 aromatic rings. The van der Waals surface area contributed by atoms with Gasteiger partial charge in [-0.1, -0.05) is 5.16 Å². The summed E-state index contributed by atoms with van der Waals surface area (Å²) in [6.07, 6.45) is 1.34. The summed E-state index contributed by atoms with van der Waals surface area (Å²) in [5, 5.41) is 6.76. The Labute approximate surface area is 182 Å². The number of rotatable bonds is 7. The van der Waals surface area contributed by atoms with Crippen molar-refractivity contribution in [2.75, 3.05) is 18.5 Å². The molecule has 32 heavy (non-hydrogen) atoms. The average molecular weight is 438 g/mol. The zero-order chi connectivity index (χ0) is 22.8. The van der Waals surface area contributed by atoms with Gasteiger partial charge in [0.2, 0.25) is 11.6 Å². The summed E-state index contributed by atoms with van der Waals surface area (Å²) >= 11 is 0. The van der Waals surface area contributed by atoms with E-state index in [-0.39, 0.29) is 33.9 Å². The van der Waals surface area contributed by atoms with Crippen LogP contribution < -0.4 is 20.3 Å². The van der Waals surface area contributed by atoms with Gasteiger partial charge in [-0.15, -0.1) is 0 Å². The summed E-state index contributed by atoms with van der Waals surface area (Å²) in [6, 6.07) is 6.99. The summed E-state index contributed by atoms with van der Waals surface area (Å²) in [6.45, 7) is 6.37. The van der Waals surface area contributed by atoms with Crippen LogP contribution in [-0.2, 0) is 7.05 Å². The van der Waals surface area contributed by atoms with Gasteiger partial charge in [-0.3, -0.25) is 14.9 Å². The van der Waals surface area contributed by atoms with Crippen LogP contribution in [0.5, 0.6) is 11.5 Å². The van der Waals surface area contributed by atoms with Crippen LogP contribution >= 0.6 is 0 Å². The molecule has 0 saturated heterocycles. The lowest BCUT2D eigenvalue weighted by Crippen LogP contribution is -2.20. The summed E-state index contributed by atoms with van der Waals surface area (Å²) in [7, 11) is 1.55.